The molecule has 118 valence electrons. The Bertz CT molecular complexity index is 618. The summed E-state index contributed by atoms with van der Waals surface area (Å²) in [4.78, 5) is 0.211. The largest absolute Gasteiger partial charge is 0.392 e. The molecule has 0 spiro atoms. The van der Waals surface area contributed by atoms with E-state index in [4.69, 9.17) is 4.74 Å². The van der Waals surface area contributed by atoms with Gasteiger partial charge in [-0.15, -0.1) is 0 Å². The Labute approximate surface area is 134 Å². The zero-order valence-corrected chi connectivity index (χ0v) is 14.6. The summed E-state index contributed by atoms with van der Waals surface area (Å²) in [6.45, 7) is 4.75. The lowest BCUT2D eigenvalue weighted by Crippen LogP contribution is -2.45. The third kappa shape index (κ3) is 3.48. The smallest absolute Gasteiger partial charge is 0.244 e. The molecule has 0 saturated carbocycles. The molecule has 1 unspecified atom stereocenters. The van der Waals surface area contributed by atoms with E-state index in [2.05, 4.69) is 15.9 Å². The maximum atomic E-state index is 12.8. The molecule has 7 heteroatoms. The van der Waals surface area contributed by atoms with E-state index >= 15 is 0 Å². The van der Waals surface area contributed by atoms with Crippen LogP contribution in [-0.2, 0) is 21.4 Å². The summed E-state index contributed by atoms with van der Waals surface area (Å²) in [6, 6.07) is 3.31. The highest BCUT2D eigenvalue weighted by atomic mass is 79.9. The molecule has 1 fully saturated rings. The Balaban J connectivity index is 2.41. The van der Waals surface area contributed by atoms with Crippen LogP contribution in [0.1, 0.15) is 24.5 Å². The number of hydrogen-bond donors (Lipinski definition) is 1. The van der Waals surface area contributed by atoms with Gasteiger partial charge in [-0.3, -0.25) is 0 Å². The zero-order chi connectivity index (χ0) is 15.6. The molecule has 1 aromatic rings. The van der Waals surface area contributed by atoms with Gasteiger partial charge in [-0.1, -0.05) is 13.0 Å². The van der Waals surface area contributed by atoms with Crippen molar-refractivity contribution in [3.8, 4) is 0 Å². The molecule has 2 rings (SSSR count). The molecule has 1 N–H and O–H groups in total. The second kappa shape index (κ2) is 6.75. The van der Waals surface area contributed by atoms with E-state index in [0.717, 1.165) is 12.0 Å². The second-order valence-electron chi connectivity index (χ2n) is 5.15. The number of ether oxygens (including phenoxy) is 1. The summed E-state index contributed by atoms with van der Waals surface area (Å²) in [6.07, 6.45) is 0.720. The van der Waals surface area contributed by atoms with Gasteiger partial charge in [-0.25, -0.2) is 8.42 Å². The first-order valence-electron chi connectivity index (χ1n) is 6.91. The standard InChI is InChI=1S/C14H20BrNO4S/c1-3-12-8-16(4-5-20-12)21(18,19)13-7-11(9-17)6-10(2)14(13)15/h6-7,12,17H,3-5,8-9H2,1-2H3. The summed E-state index contributed by atoms with van der Waals surface area (Å²) < 4.78 is 33.2. The van der Waals surface area contributed by atoms with E-state index in [1.807, 2.05) is 13.8 Å². The third-order valence-electron chi connectivity index (χ3n) is 3.64. The van der Waals surface area contributed by atoms with E-state index in [9.17, 15) is 13.5 Å². The van der Waals surface area contributed by atoms with E-state index in [-0.39, 0.29) is 17.6 Å². The number of aliphatic hydroxyl groups excluding tert-OH is 1. The van der Waals surface area contributed by atoms with Gasteiger partial charge in [0.25, 0.3) is 0 Å². The third-order valence-corrected chi connectivity index (χ3v) is 6.84. The highest BCUT2D eigenvalue weighted by molar-refractivity contribution is 9.10. The van der Waals surface area contributed by atoms with Gasteiger partial charge in [0.15, 0.2) is 0 Å². The lowest BCUT2D eigenvalue weighted by molar-refractivity contribution is -0.00279. The predicted molar refractivity (Wildman–Crippen MR) is 83.6 cm³/mol. The molecule has 0 radical (unpaired) electrons. The molecular formula is C14H20BrNO4S. The molecule has 1 atom stereocenters. The number of morpholine rings is 1. The van der Waals surface area contributed by atoms with Crippen molar-refractivity contribution in [2.24, 2.45) is 0 Å². The Kier molecular flexibility index (Phi) is 5.43. The van der Waals surface area contributed by atoms with Crippen LogP contribution in [0.2, 0.25) is 0 Å². The average Bonchev–Trinajstić information content (AvgIpc) is 2.49. The molecule has 5 nitrogen and oxygen atoms in total. The zero-order valence-electron chi connectivity index (χ0n) is 12.2. The molecule has 1 aliphatic heterocycles. The first-order chi connectivity index (χ1) is 9.90. The van der Waals surface area contributed by atoms with Crippen LogP contribution < -0.4 is 0 Å². The van der Waals surface area contributed by atoms with Crippen molar-refractivity contribution in [2.45, 2.75) is 37.9 Å². The Morgan fingerprint density at radius 2 is 2.19 bits per heavy atom. The van der Waals surface area contributed by atoms with Crippen molar-refractivity contribution in [2.75, 3.05) is 19.7 Å². The van der Waals surface area contributed by atoms with Crippen LogP contribution in [0.4, 0.5) is 0 Å². The minimum atomic E-state index is -3.60. The van der Waals surface area contributed by atoms with Crippen molar-refractivity contribution in [3.63, 3.8) is 0 Å². The van der Waals surface area contributed by atoms with Crippen molar-refractivity contribution in [1.29, 1.82) is 0 Å². The molecule has 21 heavy (non-hydrogen) atoms. The van der Waals surface area contributed by atoms with Crippen molar-refractivity contribution >= 4 is 26.0 Å². The summed E-state index contributed by atoms with van der Waals surface area (Å²) >= 11 is 3.36. The van der Waals surface area contributed by atoms with Crippen LogP contribution >= 0.6 is 15.9 Å². The van der Waals surface area contributed by atoms with Crippen molar-refractivity contribution in [3.05, 3.63) is 27.7 Å². The van der Waals surface area contributed by atoms with Gasteiger partial charge in [0.05, 0.1) is 24.2 Å². The fraction of sp³-hybridized carbons (Fsp3) is 0.571. The Morgan fingerprint density at radius 3 is 2.81 bits per heavy atom. The second-order valence-corrected chi connectivity index (χ2v) is 7.85. The number of aryl methyl sites for hydroxylation is 1. The lowest BCUT2D eigenvalue weighted by Gasteiger charge is -2.32. The number of rotatable bonds is 4. The van der Waals surface area contributed by atoms with Gasteiger partial charge in [0, 0.05) is 17.6 Å². The van der Waals surface area contributed by atoms with Crippen LogP contribution in [0.25, 0.3) is 0 Å². The van der Waals surface area contributed by atoms with E-state index in [0.29, 0.717) is 29.7 Å². The minimum Gasteiger partial charge on any atom is -0.392 e. The van der Waals surface area contributed by atoms with Crippen LogP contribution in [0, 0.1) is 6.92 Å². The summed E-state index contributed by atoms with van der Waals surface area (Å²) in [5, 5.41) is 9.29. The van der Waals surface area contributed by atoms with Gasteiger partial charge in [-0.2, -0.15) is 4.31 Å². The number of halogens is 1. The van der Waals surface area contributed by atoms with Crippen LogP contribution in [0.3, 0.4) is 0 Å². The molecule has 0 aromatic heterocycles. The maximum absolute atomic E-state index is 12.8. The van der Waals surface area contributed by atoms with E-state index in [1.165, 1.54) is 10.4 Å². The van der Waals surface area contributed by atoms with Crippen LogP contribution in [-0.4, -0.2) is 43.6 Å². The quantitative estimate of drug-likeness (QED) is 0.871. The fourth-order valence-electron chi connectivity index (χ4n) is 2.38. The number of benzene rings is 1. The maximum Gasteiger partial charge on any atom is 0.244 e. The molecule has 1 saturated heterocycles. The molecule has 1 aliphatic rings. The fourth-order valence-corrected chi connectivity index (χ4v) is 4.87. The highest BCUT2D eigenvalue weighted by Crippen LogP contribution is 2.30. The molecule has 0 aliphatic carbocycles. The topological polar surface area (TPSA) is 66.8 Å². The Hall–Kier alpha value is -0.470. The molecular weight excluding hydrogens is 358 g/mol. The first-order valence-corrected chi connectivity index (χ1v) is 9.15. The minimum absolute atomic E-state index is 0.0607. The number of sulfonamides is 1. The van der Waals surface area contributed by atoms with Crippen molar-refractivity contribution in [1.82, 2.24) is 4.31 Å². The van der Waals surface area contributed by atoms with Crippen LogP contribution in [0.15, 0.2) is 21.5 Å². The van der Waals surface area contributed by atoms with Crippen LogP contribution in [0.5, 0.6) is 0 Å². The molecule has 0 bridgehead atoms. The van der Waals surface area contributed by atoms with E-state index < -0.39 is 10.0 Å². The van der Waals surface area contributed by atoms with Gasteiger partial charge in [-0.05, 0) is 46.5 Å². The molecule has 1 heterocycles. The Morgan fingerprint density at radius 1 is 1.48 bits per heavy atom. The number of hydrogen-bond acceptors (Lipinski definition) is 4. The molecule has 0 amide bonds. The highest BCUT2D eigenvalue weighted by Gasteiger charge is 2.32. The summed E-state index contributed by atoms with van der Waals surface area (Å²) in [5.74, 6) is 0. The lowest BCUT2D eigenvalue weighted by atomic mass is 10.1. The summed E-state index contributed by atoms with van der Waals surface area (Å²) in [5.41, 5.74) is 1.38. The monoisotopic (exact) mass is 377 g/mol. The number of nitrogens with zero attached hydrogens (tertiary/aromatic N) is 1. The SMILES string of the molecule is CCC1CN(S(=O)(=O)c2cc(CO)cc(C)c2Br)CCO1. The normalized spacial score (nSPS) is 20.7. The van der Waals surface area contributed by atoms with Gasteiger partial charge < -0.3 is 9.84 Å². The van der Waals surface area contributed by atoms with Crippen molar-refractivity contribution < 1.29 is 18.3 Å². The molecule has 1 aromatic carbocycles. The number of aliphatic hydroxyl groups is 1. The van der Waals surface area contributed by atoms with Gasteiger partial charge in [0.2, 0.25) is 10.0 Å². The predicted octanol–water partition coefficient (Wildman–Crippen LogP) is 2.05. The average molecular weight is 378 g/mol. The van der Waals surface area contributed by atoms with Gasteiger partial charge >= 0.3 is 0 Å². The summed E-state index contributed by atoms with van der Waals surface area (Å²) in [7, 11) is -3.60. The van der Waals surface area contributed by atoms with E-state index in [1.54, 1.807) is 6.07 Å². The van der Waals surface area contributed by atoms with Gasteiger partial charge in [0.1, 0.15) is 0 Å². The first kappa shape index (κ1) is 16.9.